The Morgan fingerprint density at radius 2 is 2.03 bits per heavy atom. The largest absolute Gasteiger partial charge is 0.458 e. The normalized spacial score (nSPS) is 22.0. The predicted molar refractivity (Wildman–Crippen MR) is 135 cm³/mol. The molecule has 1 aromatic carbocycles. The second kappa shape index (κ2) is 7.93. The van der Waals surface area contributed by atoms with Gasteiger partial charge in [-0.2, -0.15) is 0 Å². The Morgan fingerprint density at radius 3 is 2.73 bits per heavy atom. The molecule has 3 N–H and O–H groups in total. The molecular formula is C28H30FN3O5. The zero-order valence-corrected chi connectivity index (χ0v) is 21.4. The van der Waals surface area contributed by atoms with Crippen molar-refractivity contribution in [2.45, 2.75) is 77.4 Å². The first kappa shape index (κ1) is 24.2. The summed E-state index contributed by atoms with van der Waals surface area (Å²) in [4.78, 5) is 31.0. The second-order valence-corrected chi connectivity index (χ2v) is 11.1. The first-order valence-corrected chi connectivity index (χ1v) is 12.7. The highest BCUT2D eigenvalue weighted by atomic mass is 19.1. The van der Waals surface area contributed by atoms with Gasteiger partial charge in [0.25, 0.3) is 5.56 Å². The van der Waals surface area contributed by atoms with E-state index in [4.69, 9.17) is 9.72 Å². The molecule has 2 aromatic heterocycles. The lowest BCUT2D eigenvalue weighted by atomic mass is 9.81. The molecule has 0 fully saturated rings. The second-order valence-electron chi connectivity index (χ2n) is 11.1. The molecule has 0 bridgehead atoms. The minimum Gasteiger partial charge on any atom is -0.458 e. The smallest absolute Gasteiger partial charge is 0.343 e. The van der Waals surface area contributed by atoms with Gasteiger partial charge in [0.1, 0.15) is 12.4 Å². The van der Waals surface area contributed by atoms with Crippen LogP contribution in [0.1, 0.15) is 73.0 Å². The molecule has 2 atom stereocenters. The van der Waals surface area contributed by atoms with Gasteiger partial charge in [-0.25, -0.2) is 14.2 Å². The summed E-state index contributed by atoms with van der Waals surface area (Å²) in [5, 5.41) is 25.9. The van der Waals surface area contributed by atoms with Crippen LogP contribution >= 0.6 is 0 Å². The van der Waals surface area contributed by atoms with E-state index in [2.05, 4.69) is 5.32 Å². The number of hydrogen-bond acceptors (Lipinski definition) is 7. The maximum Gasteiger partial charge on any atom is 0.343 e. The molecule has 9 heteroatoms. The number of benzene rings is 1. The van der Waals surface area contributed by atoms with Crippen molar-refractivity contribution in [1.29, 1.82) is 0 Å². The molecular weight excluding hydrogens is 477 g/mol. The van der Waals surface area contributed by atoms with Gasteiger partial charge < -0.3 is 24.8 Å². The molecule has 3 aromatic rings. The standard InChI is InChI=1S/C28H30FN3O5/c1-5-28(36)17-8-21-24-15(10-32(21)25(33)16(17)11-37-26(28)34)23-19(30-12-27(3,4)35)7-6-14-13(2)18(29)9-20(31-24)22(14)23/h8-9,19,30,35-36H,5-7,10-12H2,1-4H3/t19-,28-/m0/s1. The number of esters is 1. The highest BCUT2D eigenvalue weighted by Crippen LogP contribution is 2.45. The first-order valence-electron chi connectivity index (χ1n) is 12.7. The lowest BCUT2D eigenvalue weighted by Crippen LogP contribution is -2.44. The van der Waals surface area contributed by atoms with Crippen LogP contribution in [0.5, 0.6) is 0 Å². The van der Waals surface area contributed by atoms with Gasteiger partial charge in [0.15, 0.2) is 5.60 Å². The van der Waals surface area contributed by atoms with Crippen LogP contribution in [0, 0.1) is 12.7 Å². The van der Waals surface area contributed by atoms with Crippen LogP contribution in [-0.2, 0) is 34.7 Å². The highest BCUT2D eigenvalue weighted by molar-refractivity contribution is 5.93. The van der Waals surface area contributed by atoms with Gasteiger partial charge >= 0.3 is 5.97 Å². The summed E-state index contributed by atoms with van der Waals surface area (Å²) >= 11 is 0. The van der Waals surface area contributed by atoms with Crippen molar-refractivity contribution in [2.75, 3.05) is 6.54 Å². The van der Waals surface area contributed by atoms with E-state index >= 15 is 0 Å². The van der Waals surface area contributed by atoms with Crippen molar-refractivity contribution in [2.24, 2.45) is 0 Å². The maximum atomic E-state index is 15.0. The van der Waals surface area contributed by atoms with Gasteiger partial charge in [-0.1, -0.05) is 6.92 Å². The zero-order chi connectivity index (χ0) is 26.4. The molecule has 0 spiro atoms. The fourth-order valence-corrected chi connectivity index (χ4v) is 6.13. The lowest BCUT2D eigenvalue weighted by molar-refractivity contribution is -0.172. The van der Waals surface area contributed by atoms with Crippen molar-refractivity contribution in [1.82, 2.24) is 14.9 Å². The van der Waals surface area contributed by atoms with E-state index in [0.29, 0.717) is 41.9 Å². The van der Waals surface area contributed by atoms with Crippen LogP contribution in [0.25, 0.3) is 22.3 Å². The molecule has 1 aliphatic carbocycles. The van der Waals surface area contributed by atoms with Crippen molar-refractivity contribution in [3.8, 4) is 11.4 Å². The number of aryl methyl sites for hydroxylation is 1. The van der Waals surface area contributed by atoms with E-state index in [-0.39, 0.29) is 48.1 Å². The van der Waals surface area contributed by atoms with Gasteiger partial charge in [-0.3, -0.25) is 4.79 Å². The third-order valence-corrected chi connectivity index (χ3v) is 8.16. The zero-order valence-electron chi connectivity index (χ0n) is 21.4. The summed E-state index contributed by atoms with van der Waals surface area (Å²) in [5.41, 5.74) is 2.23. The maximum absolute atomic E-state index is 15.0. The van der Waals surface area contributed by atoms with Crippen LogP contribution < -0.4 is 10.9 Å². The number of aromatic nitrogens is 2. The number of cyclic esters (lactones) is 1. The monoisotopic (exact) mass is 507 g/mol. The van der Waals surface area contributed by atoms with Gasteiger partial charge in [0.2, 0.25) is 0 Å². The summed E-state index contributed by atoms with van der Waals surface area (Å²) in [6.07, 6.45) is 1.43. The third-order valence-electron chi connectivity index (χ3n) is 8.16. The number of fused-ring (bicyclic) bond motifs is 5. The molecule has 2 aliphatic heterocycles. The summed E-state index contributed by atoms with van der Waals surface area (Å²) in [6.45, 7) is 7.35. The molecule has 3 aliphatic rings. The summed E-state index contributed by atoms with van der Waals surface area (Å²) in [7, 11) is 0. The van der Waals surface area contributed by atoms with Crippen LogP contribution in [0.4, 0.5) is 4.39 Å². The molecule has 6 rings (SSSR count). The van der Waals surface area contributed by atoms with Gasteiger partial charge in [-0.05, 0) is 62.8 Å². The fraction of sp³-hybridized carbons (Fsp3) is 0.464. The number of aliphatic hydroxyl groups is 2. The van der Waals surface area contributed by atoms with E-state index in [1.807, 2.05) is 0 Å². The number of carbonyl (C=O) groups is 1. The van der Waals surface area contributed by atoms with Gasteiger partial charge in [0, 0.05) is 35.2 Å². The molecule has 4 heterocycles. The van der Waals surface area contributed by atoms with E-state index in [1.54, 1.807) is 38.3 Å². The average molecular weight is 508 g/mol. The number of nitrogens with one attached hydrogen (secondary N) is 1. The first-order chi connectivity index (χ1) is 17.4. The van der Waals surface area contributed by atoms with Gasteiger partial charge in [-0.15, -0.1) is 0 Å². The Kier molecular flexibility index (Phi) is 5.19. The Morgan fingerprint density at radius 1 is 1.27 bits per heavy atom. The number of carbonyl (C=O) groups excluding carboxylic acids is 1. The van der Waals surface area contributed by atoms with Crippen LogP contribution in [-0.4, -0.2) is 37.9 Å². The third kappa shape index (κ3) is 3.41. The van der Waals surface area contributed by atoms with Crippen LogP contribution in [0.3, 0.4) is 0 Å². The minimum atomic E-state index is -1.91. The molecule has 8 nitrogen and oxygen atoms in total. The Bertz CT molecular complexity index is 1570. The highest BCUT2D eigenvalue weighted by Gasteiger charge is 2.46. The summed E-state index contributed by atoms with van der Waals surface area (Å²) in [6, 6.07) is 2.99. The molecule has 194 valence electrons. The number of halogens is 1. The quantitative estimate of drug-likeness (QED) is 0.364. The molecule has 0 amide bonds. The number of hydrogen-bond donors (Lipinski definition) is 3. The number of ether oxygens (including phenoxy) is 1. The van der Waals surface area contributed by atoms with Gasteiger partial charge in [0.05, 0.1) is 34.6 Å². The van der Waals surface area contributed by atoms with Crippen molar-refractivity contribution in [3.05, 3.63) is 61.7 Å². The van der Waals surface area contributed by atoms with Crippen molar-refractivity contribution >= 4 is 16.9 Å². The topological polar surface area (TPSA) is 114 Å². The average Bonchev–Trinajstić information content (AvgIpc) is 3.22. The predicted octanol–water partition coefficient (Wildman–Crippen LogP) is 2.87. The fourth-order valence-electron chi connectivity index (χ4n) is 6.13. The van der Waals surface area contributed by atoms with Crippen molar-refractivity contribution in [3.63, 3.8) is 0 Å². The van der Waals surface area contributed by atoms with Crippen LogP contribution in [0.2, 0.25) is 0 Å². The van der Waals surface area contributed by atoms with E-state index in [9.17, 15) is 24.2 Å². The summed E-state index contributed by atoms with van der Waals surface area (Å²) < 4.78 is 21.7. The lowest BCUT2D eigenvalue weighted by Gasteiger charge is -2.31. The number of nitrogens with zero attached hydrogens (tertiary/aromatic N) is 2. The molecule has 0 saturated heterocycles. The number of pyridine rings is 2. The Labute approximate surface area is 213 Å². The SMILES string of the molecule is CC[C@@]1(O)C(=O)OCc2c1cc1n(c2=O)Cc2c-1nc1cc(F)c(C)c3c1c2[C@@H](NCC(C)(C)O)CC3. The van der Waals surface area contributed by atoms with E-state index in [0.717, 1.165) is 22.1 Å². The molecule has 37 heavy (non-hydrogen) atoms. The van der Waals surface area contributed by atoms with E-state index in [1.165, 1.54) is 6.07 Å². The van der Waals surface area contributed by atoms with E-state index < -0.39 is 17.2 Å². The van der Waals surface area contributed by atoms with Crippen LogP contribution in [0.15, 0.2) is 16.9 Å². The Hall–Kier alpha value is -3.14. The van der Waals surface area contributed by atoms with Crippen molar-refractivity contribution < 1.29 is 24.1 Å². The molecule has 0 saturated carbocycles. The number of rotatable bonds is 4. The Balaban J connectivity index is 1.63. The molecule has 0 radical (unpaired) electrons. The summed E-state index contributed by atoms with van der Waals surface area (Å²) in [5.74, 6) is -1.10. The minimum absolute atomic E-state index is 0.0573. The molecule has 0 unspecified atom stereocenters.